The van der Waals surface area contributed by atoms with E-state index in [9.17, 15) is 14.7 Å². The topological polar surface area (TPSA) is 70.7 Å². The predicted molar refractivity (Wildman–Crippen MR) is 110 cm³/mol. The van der Waals surface area contributed by atoms with Crippen LogP contribution in [0.15, 0.2) is 77.4 Å². The number of halogens is 1. The number of rotatable bonds is 6. The summed E-state index contributed by atoms with van der Waals surface area (Å²) in [5.74, 6) is -0.388. The number of hydrogen-bond donors (Lipinski definition) is 1. The van der Waals surface area contributed by atoms with E-state index in [1.54, 1.807) is 54.6 Å². The second-order valence-corrected chi connectivity index (χ2v) is 7.33. The van der Waals surface area contributed by atoms with Crippen LogP contribution in [0, 0.1) is 0 Å². The molecule has 0 aliphatic carbocycles. The van der Waals surface area contributed by atoms with E-state index in [1.807, 2.05) is 6.07 Å². The van der Waals surface area contributed by atoms with E-state index in [0.717, 1.165) is 5.56 Å². The predicted octanol–water partition coefficient (Wildman–Crippen LogP) is 4.34. The van der Waals surface area contributed by atoms with Crippen molar-refractivity contribution in [3.8, 4) is 0 Å². The number of amides is 1. The minimum absolute atomic E-state index is 0.245. The fourth-order valence-electron chi connectivity index (χ4n) is 3.52. The molecule has 1 N–H and O–H groups in total. The highest BCUT2D eigenvalue weighted by atomic mass is 35.5. The van der Waals surface area contributed by atoms with Gasteiger partial charge >= 0.3 is 0 Å². The number of allylic oxidation sites excluding steroid dienone is 1. The van der Waals surface area contributed by atoms with Crippen LogP contribution in [0.3, 0.4) is 0 Å². The summed E-state index contributed by atoms with van der Waals surface area (Å²) >= 11 is 6.06. The maximum absolute atomic E-state index is 13.2. The maximum atomic E-state index is 13.2. The van der Waals surface area contributed by atoms with Crippen molar-refractivity contribution in [1.29, 1.82) is 0 Å². The number of benzene rings is 2. The molecule has 0 unspecified atom stereocenters. The normalized spacial score (nSPS) is 18.4. The lowest BCUT2D eigenvalue weighted by molar-refractivity contribution is -0.140. The number of furan rings is 1. The minimum Gasteiger partial charge on any atom is -0.465 e. The highest BCUT2D eigenvalue weighted by Crippen LogP contribution is 2.43. The summed E-state index contributed by atoms with van der Waals surface area (Å²) in [6, 6.07) is 17.6. The molecule has 0 fully saturated rings. The average Bonchev–Trinajstić information content (AvgIpc) is 3.29. The number of aliphatic hydroxyl groups is 1. The van der Waals surface area contributed by atoms with E-state index in [4.69, 9.17) is 16.0 Å². The molecule has 29 heavy (non-hydrogen) atoms. The summed E-state index contributed by atoms with van der Waals surface area (Å²) in [4.78, 5) is 27.2. The van der Waals surface area contributed by atoms with E-state index in [-0.39, 0.29) is 18.7 Å². The standard InChI is InChI=1S/C23H18ClNO4/c24-17-6-3-5-16(13-17)15-25-21-9-2-1-8-20(21)23(28,22(25)27)14-18(26)10-11-19-7-4-12-29-19/h1-13,28H,14-15H2/b11-10-/t23-/m0/s1. The van der Waals surface area contributed by atoms with Crippen LogP contribution in [0.2, 0.25) is 5.02 Å². The van der Waals surface area contributed by atoms with Crippen LogP contribution in [-0.2, 0) is 21.7 Å². The second-order valence-electron chi connectivity index (χ2n) is 6.89. The van der Waals surface area contributed by atoms with Crippen molar-refractivity contribution in [1.82, 2.24) is 0 Å². The first-order valence-corrected chi connectivity index (χ1v) is 9.48. The Bertz CT molecular complexity index is 1090. The summed E-state index contributed by atoms with van der Waals surface area (Å²) < 4.78 is 5.16. The first-order valence-electron chi connectivity index (χ1n) is 9.10. The van der Waals surface area contributed by atoms with E-state index in [0.29, 0.717) is 22.0 Å². The van der Waals surface area contributed by atoms with E-state index >= 15 is 0 Å². The van der Waals surface area contributed by atoms with Crippen LogP contribution in [0.4, 0.5) is 5.69 Å². The number of carbonyl (C=O) groups excluding carboxylic acids is 2. The number of carbonyl (C=O) groups is 2. The SMILES string of the molecule is O=C(/C=C\c1ccco1)C[C@@]1(O)C(=O)N(Cc2cccc(Cl)c2)c2ccccc21. The van der Waals surface area contributed by atoms with Gasteiger partial charge in [0.2, 0.25) is 0 Å². The van der Waals surface area contributed by atoms with Crippen molar-refractivity contribution in [2.24, 2.45) is 0 Å². The molecule has 146 valence electrons. The van der Waals surface area contributed by atoms with E-state index in [1.165, 1.54) is 23.3 Å². The molecule has 2 heterocycles. The molecule has 4 rings (SSSR count). The molecule has 0 spiro atoms. The van der Waals surface area contributed by atoms with Gasteiger partial charge in [0.05, 0.1) is 24.9 Å². The highest BCUT2D eigenvalue weighted by molar-refractivity contribution is 6.30. The zero-order valence-electron chi connectivity index (χ0n) is 15.4. The quantitative estimate of drug-likeness (QED) is 0.617. The number of anilines is 1. The summed E-state index contributed by atoms with van der Waals surface area (Å²) in [6.07, 6.45) is 3.97. The van der Waals surface area contributed by atoms with Gasteiger partial charge in [0.1, 0.15) is 5.76 Å². The summed E-state index contributed by atoms with van der Waals surface area (Å²) in [7, 11) is 0. The first kappa shape index (κ1) is 19.2. The van der Waals surface area contributed by atoms with Crippen molar-refractivity contribution < 1.29 is 19.1 Å². The van der Waals surface area contributed by atoms with Gasteiger partial charge in [-0.2, -0.15) is 0 Å². The third-order valence-electron chi connectivity index (χ3n) is 4.88. The first-order chi connectivity index (χ1) is 14.0. The molecule has 1 aliphatic rings. The lowest BCUT2D eigenvalue weighted by Gasteiger charge is -2.22. The molecule has 1 aromatic heterocycles. The van der Waals surface area contributed by atoms with E-state index < -0.39 is 11.5 Å². The number of nitrogens with zero attached hydrogens (tertiary/aromatic N) is 1. The molecule has 1 amide bonds. The molecule has 5 nitrogen and oxygen atoms in total. The summed E-state index contributed by atoms with van der Waals surface area (Å²) in [5, 5.41) is 11.8. The molecule has 2 aromatic carbocycles. The molecule has 1 atom stereocenters. The molecular formula is C23H18ClNO4. The fraction of sp³-hybridized carbons (Fsp3) is 0.130. The molecular weight excluding hydrogens is 390 g/mol. The van der Waals surface area contributed by atoms with Crippen molar-refractivity contribution in [3.05, 3.63) is 94.9 Å². The highest BCUT2D eigenvalue weighted by Gasteiger charge is 2.50. The minimum atomic E-state index is -1.92. The molecule has 0 radical (unpaired) electrons. The van der Waals surface area contributed by atoms with Gasteiger partial charge in [-0.3, -0.25) is 9.59 Å². The lowest BCUT2D eigenvalue weighted by atomic mass is 9.90. The van der Waals surface area contributed by atoms with Crippen LogP contribution in [-0.4, -0.2) is 16.8 Å². The Morgan fingerprint density at radius 1 is 1.14 bits per heavy atom. The van der Waals surface area contributed by atoms with Gasteiger partial charge in [-0.15, -0.1) is 0 Å². The number of fused-ring (bicyclic) bond motifs is 1. The second kappa shape index (κ2) is 7.70. The Labute approximate surface area is 172 Å². The summed E-state index contributed by atoms with van der Waals surface area (Å²) in [5.41, 5.74) is -0.0803. The number of ketones is 1. The van der Waals surface area contributed by atoms with Crippen molar-refractivity contribution in [3.63, 3.8) is 0 Å². The Morgan fingerprint density at radius 2 is 1.97 bits per heavy atom. The monoisotopic (exact) mass is 407 g/mol. The third kappa shape index (κ3) is 3.75. The fourth-order valence-corrected chi connectivity index (χ4v) is 3.74. The van der Waals surface area contributed by atoms with Crippen molar-refractivity contribution in [2.45, 2.75) is 18.6 Å². The molecule has 0 saturated heterocycles. The van der Waals surface area contributed by atoms with Crippen molar-refractivity contribution in [2.75, 3.05) is 4.90 Å². The molecule has 6 heteroatoms. The number of para-hydroxylation sites is 1. The summed E-state index contributed by atoms with van der Waals surface area (Å²) in [6.45, 7) is 0.245. The van der Waals surface area contributed by atoms with Crippen LogP contribution < -0.4 is 4.90 Å². The smallest absolute Gasteiger partial charge is 0.264 e. The van der Waals surface area contributed by atoms with Crippen molar-refractivity contribution >= 4 is 35.1 Å². The van der Waals surface area contributed by atoms with Crippen LogP contribution in [0.25, 0.3) is 6.08 Å². The van der Waals surface area contributed by atoms with Crippen LogP contribution in [0.5, 0.6) is 0 Å². The van der Waals surface area contributed by atoms with Gasteiger partial charge in [-0.05, 0) is 48.0 Å². The Kier molecular flexibility index (Phi) is 5.09. The van der Waals surface area contributed by atoms with Gasteiger partial charge in [-0.1, -0.05) is 41.9 Å². The molecule has 1 aliphatic heterocycles. The Balaban J connectivity index is 1.61. The maximum Gasteiger partial charge on any atom is 0.264 e. The van der Waals surface area contributed by atoms with Crippen LogP contribution in [0.1, 0.15) is 23.3 Å². The lowest BCUT2D eigenvalue weighted by Crippen LogP contribution is -2.41. The Hall–Kier alpha value is -3.15. The van der Waals surface area contributed by atoms with Gasteiger partial charge in [-0.25, -0.2) is 0 Å². The average molecular weight is 408 g/mol. The number of hydrogen-bond acceptors (Lipinski definition) is 4. The van der Waals surface area contributed by atoms with Gasteiger partial charge in [0.15, 0.2) is 11.4 Å². The largest absolute Gasteiger partial charge is 0.465 e. The zero-order valence-corrected chi connectivity index (χ0v) is 16.2. The third-order valence-corrected chi connectivity index (χ3v) is 5.11. The Morgan fingerprint density at radius 3 is 2.72 bits per heavy atom. The molecule has 3 aromatic rings. The van der Waals surface area contributed by atoms with E-state index in [2.05, 4.69) is 0 Å². The molecule has 0 saturated carbocycles. The molecule has 0 bridgehead atoms. The zero-order chi connectivity index (χ0) is 20.4. The van der Waals surface area contributed by atoms with Gasteiger partial charge in [0, 0.05) is 10.6 Å². The van der Waals surface area contributed by atoms with Gasteiger partial charge < -0.3 is 14.4 Å². The van der Waals surface area contributed by atoms with Crippen LogP contribution >= 0.6 is 11.6 Å². The van der Waals surface area contributed by atoms with Gasteiger partial charge in [0.25, 0.3) is 5.91 Å².